The molecule has 1 atom stereocenters. The van der Waals surface area contributed by atoms with E-state index < -0.39 is 0 Å². The molecule has 1 aromatic carbocycles. The minimum Gasteiger partial charge on any atom is -0.379 e. The molecule has 1 rings (SSSR count). The monoisotopic (exact) mass is 168 g/mol. The van der Waals surface area contributed by atoms with E-state index in [-0.39, 0.29) is 11.9 Å². The highest BCUT2D eigenvalue weighted by atomic mass is 19.1. The van der Waals surface area contributed by atoms with Crippen LogP contribution < -0.4 is 11.1 Å². The Labute approximate surface area is 71.6 Å². The van der Waals surface area contributed by atoms with Crippen molar-refractivity contribution in [2.45, 2.75) is 13.0 Å². The van der Waals surface area contributed by atoms with Crippen LogP contribution in [0.5, 0.6) is 0 Å². The van der Waals surface area contributed by atoms with Crippen LogP contribution in [-0.4, -0.2) is 12.6 Å². The number of rotatable bonds is 3. The second-order valence-corrected chi connectivity index (χ2v) is 2.76. The lowest BCUT2D eigenvalue weighted by molar-refractivity contribution is 0.626. The third kappa shape index (κ3) is 2.20. The summed E-state index contributed by atoms with van der Waals surface area (Å²) in [6.07, 6.45) is 0. The van der Waals surface area contributed by atoms with Gasteiger partial charge in [0.25, 0.3) is 0 Å². The number of halogens is 1. The van der Waals surface area contributed by atoms with Crippen molar-refractivity contribution in [1.82, 2.24) is 0 Å². The van der Waals surface area contributed by atoms with Crippen molar-refractivity contribution in [3.05, 3.63) is 30.1 Å². The molecule has 3 heteroatoms. The molecule has 0 radical (unpaired) electrons. The zero-order valence-electron chi connectivity index (χ0n) is 7.05. The standard InChI is InChI=1S/C9H13FN2/c1-7(6-11)12-9-5-3-2-4-8(9)10/h2-5,7,12H,6,11H2,1H3. The Morgan fingerprint density at radius 1 is 1.50 bits per heavy atom. The van der Waals surface area contributed by atoms with Crippen LogP contribution in [0.2, 0.25) is 0 Å². The van der Waals surface area contributed by atoms with Crippen molar-refractivity contribution in [2.75, 3.05) is 11.9 Å². The Morgan fingerprint density at radius 2 is 2.17 bits per heavy atom. The van der Waals surface area contributed by atoms with Crippen LogP contribution in [-0.2, 0) is 0 Å². The third-order valence-electron chi connectivity index (χ3n) is 1.63. The lowest BCUT2D eigenvalue weighted by Crippen LogP contribution is -2.25. The van der Waals surface area contributed by atoms with Gasteiger partial charge in [-0.05, 0) is 19.1 Å². The van der Waals surface area contributed by atoms with Gasteiger partial charge in [-0.1, -0.05) is 12.1 Å². The maximum absolute atomic E-state index is 13.0. The lowest BCUT2D eigenvalue weighted by atomic mass is 10.2. The highest BCUT2D eigenvalue weighted by Crippen LogP contribution is 2.12. The number of nitrogens with one attached hydrogen (secondary N) is 1. The van der Waals surface area contributed by atoms with E-state index in [1.54, 1.807) is 18.2 Å². The van der Waals surface area contributed by atoms with Gasteiger partial charge in [0.1, 0.15) is 5.82 Å². The third-order valence-corrected chi connectivity index (χ3v) is 1.63. The van der Waals surface area contributed by atoms with Crippen LogP contribution in [0.4, 0.5) is 10.1 Å². The van der Waals surface area contributed by atoms with Gasteiger partial charge in [0.05, 0.1) is 5.69 Å². The summed E-state index contributed by atoms with van der Waals surface area (Å²) in [5, 5.41) is 2.96. The van der Waals surface area contributed by atoms with Crippen LogP contribution in [0, 0.1) is 5.82 Å². The maximum Gasteiger partial charge on any atom is 0.146 e. The molecule has 2 nitrogen and oxygen atoms in total. The summed E-state index contributed by atoms with van der Waals surface area (Å²) in [7, 11) is 0. The number of hydrogen-bond acceptors (Lipinski definition) is 2. The molecular weight excluding hydrogens is 155 g/mol. The number of para-hydroxylation sites is 1. The van der Waals surface area contributed by atoms with Crippen molar-refractivity contribution >= 4 is 5.69 Å². The molecule has 0 bridgehead atoms. The molecule has 0 aliphatic heterocycles. The van der Waals surface area contributed by atoms with E-state index in [2.05, 4.69) is 5.32 Å². The average molecular weight is 168 g/mol. The number of anilines is 1. The van der Waals surface area contributed by atoms with E-state index in [0.29, 0.717) is 12.2 Å². The smallest absolute Gasteiger partial charge is 0.146 e. The molecular formula is C9H13FN2. The summed E-state index contributed by atoms with van der Waals surface area (Å²) in [4.78, 5) is 0. The maximum atomic E-state index is 13.0. The molecule has 66 valence electrons. The molecule has 0 aliphatic rings. The Bertz CT molecular complexity index is 250. The second kappa shape index (κ2) is 4.07. The van der Waals surface area contributed by atoms with Crippen molar-refractivity contribution in [2.24, 2.45) is 5.73 Å². The van der Waals surface area contributed by atoms with Crippen LogP contribution >= 0.6 is 0 Å². The van der Waals surface area contributed by atoms with E-state index in [9.17, 15) is 4.39 Å². The number of hydrogen-bond donors (Lipinski definition) is 2. The molecule has 0 saturated heterocycles. The van der Waals surface area contributed by atoms with Crippen LogP contribution in [0.25, 0.3) is 0 Å². The van der Waals surface area contributed by atoms with E-state index in [0.717, 1.165) is 0 Å². The summed E-state index contributed by atoms with van der Waals surface area (Å²) < 4.78 is 13.0. The molecule has 1 aromatic rings. The second-order valence-electron chi connectivity index (χ2n) is 2.76. The zero-order valence-corrected chi connectivity index (χ0v) is 7.05. The lowest BCUT2D eigenvalue weighted by Gasteiger charge is -2.12. The van der Waals surface area contributed by atoms with Crippen LogP contribution in [0.15, 0.2) is 24.3 Å². The first-order valence-corrected chi connectivity index (χ1v) is 3.95. The highest BCUT2D eigenvalue weighted by molar-refractivity contribution is 5.44. The van der Waals surface area contributed by atoms with Crippen molar-refractivity contribution in [1.29, 1.82) is 0 Å². The van der Waals surface area contributed by atoms with Crippen molar-refractivity contribution < 1.29 is 4.39 Å². The van der Waals surface area contributed by atoms with Crippen LogP contribution in [0.1, 0.15) is 6.92 Å². The van der Waals surface area contributed by atoms with Gasteiger partial charge in [-0.15, -0.1) is 0 Å². The first-order valence-electron chi connectivity index (χ1n) is 3.95. The van der Waals surface area contributed by atoms with Gasteiger partial charge in [-0.3, -0.25) is 0 Å². The largest absolute Gasteiger partial charge is 0.379 e. The van der Waals surface area contributed by atoms with Gasteiger partial charge in [-0.2, -0.15) is 0 Å². The Morgan fingerprint density at radius 3 is 2.75 bits per heavy atom. The predicted molar refractivity (Wildman–Crippen MR) is 48.5 cm³/mol. The van der Waals surface area contributed by atoms with E-state index in [1.165, 1.54) is 6.07 Å². The highest BCUT2D eigenvalue weighted by Gasteiger charge is 2.02. The summed E-state index contributed by atoms with van der Waals surface area (Å²) in [6, 6.07) is 6.66. The fourth-order valence-corrected chi connectivity index (χ4v) is 0.903. The van der Waals surface area contributed by atoms with Crippen LogP contribution in [0.3, 0.4) is 0 Å². The Hall–Kier alpha value is -1.09. The van der Waals surface area contributed by atoms with Crippen molar-refractivity contribution in [3.8, 4) is 0 Å². The molecule has 0 amide bonds. The number of benzene rings is 1. The number of nitrogens with two attached hydrogens (primary N) is 1. The minimum absolute atomic E-state index is 0.0990. The van der Waals surface area contributed by atoms with Crippen molar-refractivity contribution in [3.63, 3.8) is 0 Å². The van der Waals surface area contributed by atoms with Gasteiger partial charge in [0, 0.05) is 12.6 Å². The fraction of sp³-hybridized carbons (Fsp3) is 0.333. The topological polar surface area (TPSA) is 38.0 Å². The molecule has 1 unspecified atom stereocenters. The molecule has 0 saturated carbocycles. The Kier molecular flexibility index (Phi) is 3.05. The summed E-state index contributed by atoms with van der Waals surface area (Å²) in [6.45, 7) is 2.40. The van der Waals surface area contributed by atoms with Gasteiger partial charge < -0.3 is 11.1 Å². The van der Waals surface area contributed by atoms with Gasteiger partial charge in [-0.25, -0.2) is 4.39 Å². The molecule has 12 heavy (non-hydrogen) atoms. The first-order chi connectivity index (χ1) is 5.74. The molecule has 0 heterocycles. The Balaban J connectivity index is 2.69. The molecule has 0 aromatic heterocycles. The quantitative estimate of drug-likeness (QED) is 0.719. The average Bonchev–Trinajstić information content (AvgIpc) is 2.09. The fourth-order valence-electron chi connectivity index (χ4n) is 0.903. The first kappa shape index (κ1) is 9.00. The van der Waals surface area contributed by atoms with E-state index in [4.69, 9.17) is 5.73 Å². The van der Waals surface area contributed by atoms with E-state index >= 15 is 0 Å². The van der Waals surface area contributed by atoms with Gasteiger partial charge in [0.2, 0.25) is 0 Å². The van der Waals surface area contributed by atoms with Gasteiger partial charge >= 0.3 is 0 Å². The normalized spacial score (nSPS) is 12.6. The SMILES string of the molecule is CC(CN)Nc1ccccc1F. The van der Waals surface area contributed by atoms with E-state index in [1.807, 2.05) is 6.92 Å². The molecule has 0 aliphatic carbocycles. The predicted octanol–water partition coefficient (Wildman–Crippen LogP) is 1.58. The molecule has 3 N–H and O–H groups in total. The minimum atomic E-state index is -0.238. The van der Waals surface area contributed by atoms with Gasteiger partial charge in [0.15, 0.2) is 0 Å². The summed E-state index contributed by atoms with van der Waals surface area (Å²) in [5.41, 5.74) is 5.89. The molecule has 0 fully saturated rings. The summed E-state index contributed by atoms with van der Waals surface area (Å²) >= 11 is 0. The summed E-state index contributed by atoms with van der Waals surface area (Å²) in [5.74, 6) is -0.238. The molecule has 0 spiro atoms. The zero-order chi connectivity index (χ0) is 8.97.